The lowest BCUT2D eigenvalue weighted by Gasteiger charge is -2.09. The van der Waals surface area contributed by atoms with E-state index in [1.165, 1.54) is 29.5 Å². The van der Waals surface area contributed by atoms with E-state index in [1.54, 1.807) is 13.0 Å². The number of amides is 2. The summed E-state index contributed by atoms with van der Waals surface area (Å²) < 4.78 is 5.09. The summed E-state index contributed by atoms with van der Waals surface area (Å²) in [6.07, 6.45) is 1.67. The molecule has 0 atom stereocenters. The number of para-hydroxylation sites is 2. The van der Waals surface area contributed by atoms with Crippen LogP contribution in [0, 0.1) is 29.9 Å². The minimum Gasteiger partial charge on any atom is -0.452 e. The second-order valence-corrected chi connectivity index (χ2v) is 7.87. The van der Waals surface area contributed by atoms with Crippen LogP contribution in [-0.2, 0) is 14.3 Å². The minimum atomic E-state index is -0.740. The minimum absolute atomic E-state index is 0.0125. The van der Waals surface area contributed by atoms with Gasteiger partial charge in [-0.3, -0.25) is 19.7 Å². The number of esters is 1. The van der Waals surface area contributed by atoms with E-state index in [1.807, 2.05) is 6.92 Å². The van der Waals surface area contributed by atoms with Gasteiger partial charge >= 0.3 is 5.97 Å². The van der Waals surface area contributed by atoms with Crippen molar-refractivity contribution >= 4 is 45.5 Å². The molecule has 9 nitrogen and oxygen atoms in total. The van der Waals surface area contributed by atoms with Crippen molar-refractivity contribution in [2.75, 3.05) is 17.2 Å². The van der Waals surface area contributed by atoms with E-state index in [9.17, 15) is 24.5 Å². The lowest BCUT2D eigenvalue weighted by atomic mass is 10.1. The first kappa shape index (κ1) is 20.5. The van der Waals surface area contributed by atoms with Gasteiger partial charge in [-0.2, -0.15) is 0 Å². The van der Waals surface area contributed by atoms with Gasteiger partial charge in [0.25, 0.3) is 11.6 Å². The van der Waals surface area contributed by atoms with Crippen LogP contribution in [-0.4, -0.2) is 29.3 Å². The number of nitrogens with zero attached hydrogens (tertiary/aromatic N) is 1. The maximum absolute atomic E-state index is 12.5. The highest BCUT2D eigenvalue weighted by atomic mass is 32.1. The SMILES string of the molecule is Cc1sc(NC(=O)C2CC2)c(C(=O)OCC(=O)Nc2ccccc2[N+](=O)[O-])c1C. The summed E-state index contributed by atoms with van der Waals surface area (Å²) in [6.45, 7) is 2.95. The Kier molecular flexibility index (Phi) is 5.92. The van der Waals surface area contributed by atoms with Crippen molar-refractivity contribution in [3.8, 4) is 0 Å². The summed E-state index contributed by atoms with van der Waals surface area (Å²) in [5.41, 5.74) is 0.644. The predicted octanol–water partition coefficient (Wildman–Crippen LogP) is 3.42. The predicted molar refractivity (Wildman–Crippen MR) is 107 cm³/mol. The molecule has 29 heavy (non-hydrogen) atoms. The average molecular weight is 417 g/mol. The van der Waals surface area contributed by atoms with Crippen LogP contribution in [0.15, 0.2) is 24.3 Å². The van der Waals surface area contributed by atoms with E-state index in [0.717, 1.165) is 17.7 Å². The molecule has 1 aromatic heterocycles. The fraction of sp³-hybridized carbons (Fsp3) is 0.316. The number of aryl methyl sites for hydroxylation is 1. The Hall–Kier alpha value is -3.27. The van der Waals surface area contributed by atoms with Crippen molar-refractivity contribution < 1.29 is 24.0 Å². The molecular weight excluding hydrogens is 398 g/mol. The lowest BCUT2D eigenvalue weighted by Crippen LogP contribution is -2.22. The number of carbonyl (C=O) groups excluding carboxylic acids is 3. The topological polar surface area (TPSA) is 128 Å². The van der Waals surface area contributed by atoms with Crippen LogP contribution < -0.4 is 10.6 Å². The molecule has 0 bridgehead atoms. The molecule has 152 valence electrons. The summed E-state index contributed by atoms with van der Waals surface area (Å²) in [5.74, 6) is -1.60. The van der Waals surface area contributed by atoms with E-state index in [-0.39, 0.29) is 28.8 Å². The number of nitrogens with one attached hydrogen (secondary N) is 2. The van der Waals surface area contributed by atoms with Gasteiger partial charge in [-0.1, -0.05) is 12.1 Å². The first-order chi connectivity index (χ1) is 13.8. The molecule has 0 aliphatic heterocycles. The second-order valence-electron chi connectivity index (χ2n) is 6.65. The summed E-state index contributed by atoms with van der Waals surface area (Å²) >= 11 is 1.28. The van der Waals surface area contributed by atoms with Gasteiger partial charge in [-0.05, 0) is 38.3 Å². The van der Waals surface area contributed by atoms with Crippen LogP contribution in [0.2, 0.25) is 0 Å². The Morgan fingerprint density at radius 3 is 2.55 bits per heavy atom. The van der Waals surface area contributed by atoms with E-state index in [4.69, 9.17) is 4.74 Å². The summed E-state index contributed by atoms with van der Waals surface area (Å²) in [6, 6.07) is 5.66. The van der Waals surface area contributed by atoms with E-state index in [0.29, 0.717) is 10.6 Å². The van der Waals surface area contributed by atoms with Gasteiger partial charge in [0.15, 0.2) is 6.61 Å². The number of nitro groups is 1. The van der Waals surface area contributed by atoms with Crippen molar-refractivity contribution in [1.29, 1.82) is 0 Å². The summed E-state index contributed by atoms with van der Waals surface area (Å²) in [5, 5.41) is 16.5. The Morgan fingerprint density at radius 2 is 1.90 bits per heavy atom. The summed E-state index contributed by atoms with van der Waals surface area (Å²) in [7, 11) is 0. The van der Waals surface area contributed by atoms with Crippen molar-refractivity contribution in [2.24, 2.45) is 5.92 Å². The van der Waals surface area contributed by atoms with Gasteiger partial charge in [0, 0.05) is 16.9 Å². The van der Waals surface area contributed by atoms with Crippen LogP contribution in [0.4, 0.5) is 16.4 Å². The molecule has 2 aromatic rings. The van der Waals surface area contributed by atoms with Crippen LogP contribution >= 0.6 is 11.3 Å². The Morgan fingerprint density at radius 1 is 1.21 bits per heavy atom. The number of nitro benzene ring substituents is 1. The van der Waals surface area contributed by atoms with Crippen LogP contribution in [0.25, 0.3) is 0 Å². The molecule has 1 aromatic carbocycles. The standard InChI is InChI=1S/C19H19N3O6S/c1-10-11(2)29-18(21-17(24)12-7-8-12)16(10)19(25)28-9-15(23)20-13-5-3-4-6-14(13)22(26)27/h3-6,12H,7-9H2,1-2H3,(H,20,23)(H,21,24). The molecule has 0 saturated heterocycles. The van der Waals surface area contributed by atoms with Crippen LogP contribution in [0.1, 0.15) is 33.6 Å². The molecule has 3 rings (SSSR count). The van der Waals surface area contributed by atoms with Crippen LogP contribution in [0.3, 0.4) is 0 Å². The van der Waals surface area contributed by atoms with Gasteiger partial charge < -0.3 is 15.4 Å². The van der Waals surface area contributed by atoms with E-state index in [2.05, 4.69) is 10.6 Å². The molecule has 0 unspecified atom stereocenters. The average Bonchev–Trinajstić information content (AvgIpc) is 3.48. The molecule has 1 saturated carbocycles. The molecule has 1 aliphatic rings. The van der Waals surface area contributed by atoms with Gasteiger partial charge in [0.2, 0.25) is 5.91 Å². The molecular formula is C19H19N3O6S. The highest BCUT2D eigenvalue weighted by molar-refractivity contribution is 7.16. The third-order valence-electron chi connectivity index (χ3n) is 4.48. The molecule has 0 spiro atoms. The summed E-state index contributed by atoms with van der Waals surface area (Å²) in [4.78, 5) is 47.9. The van der Waals surface area contributed by atoms with Crippen molar-refractivity contribution in [1.82, 2.24) is 0 Å². The first-order valence-electron chi connectivity index (χ1n) is 8.89. The number of benzene rings is 1. The van der Waals surface area contributed by atoms with Gasteiger partial charge in [-0.15, -0.1) is 11.3 Å². The molecule has 2 N–H and O–H groups in total. The number of carbonyl (C=O) groups is 3. The Bertz CT molecular complexity index is 996. The van der Waals surface area contributed by atoms with Crippen molar-refractivity contribution in [3.63, 3.8) is 0 Å². The number of hydrogen-bond acceptors (Lipinski definition) is 7. The quantitative estimate of drug-likeness (QED) is 0.404. The number of thiophene rings is 1. The highest BCUT2D eigenvalue weighted by Gasteiger charge is 2.32. The monoisotopic (exact) mass is 417 g/mol. The van der Waals surface area contributed by atoms with Crippen molar-refractivity contribution in [3.05, 3.63) is 50.4 Å². The maximum Gasteiger partial charge on any atom is 0.341 e. The number of hydrogen-bond donors (Lipinski definition) is 2. The molecule has 10 heteroatoms. The zero-order chi connectivity index (χ0) is 21.1. The fourth-order valence-electron chi connectivity index (χ4n) is 2.65. The zero-order valence-corrected chi connectivity index (χ0v) is 16.6. The molecule has 1 aliphatic carbocycles. The van der Waals surface area contributed by atoms with Gasteiger partial charge in [-0.25, -0.2) is 4.79 Å². The zero-order valence-electron chi connectivity index (χ0n) is 15.8. The number of ether oxygens (including phenoxy) is 1. The third kappa shape index (κ3) is 4.77. The molecule has 1 heterocycles. The van der Waals surface area contributed by atoms with Crippen molar-refractivity contribution in [2.45, 2.75) is 26.7 Å². The molecule has 2 amide bonds. The van der Waals surface area contributed by atoms with Gasteiger partial charge in [0.05, 0.1) is 10.5 Å². The second kappa shape index (κ2) is 8.39. The number of rotatable bonds is 7. The number of anilines is 2. The normalized spacial score (nSPS) is 12.9. The van der Waals surface area contributed by atoms with E-state index >= 15 is 0 Å². The maximum atomic E-state index is 12.5. The Balaban J connectivity index is 1.65. The molecule has 0 radical (unpaired) electrons. The first-order valence-corrected chi connectivity index (χ1v) is 9.70. The largest absolute Gasteiger partial charge is 0.452 e. The van der Waals surface area contributed by atoms with E-state index < -0.39 is 23.4 Å². The van der Waals surface area contributed by atoms with Gasteiger partial charge in [0.1, 0.15) is 10.7 Å². The fourth-order valence-corrected chi connectivity index (χ4v) is 3.70. The highest BCUT2D eigenvalue weighted by Crippen LogP contribution is 2.36. The third-order valence-corrected chi connectivity index (χ3v) is 5.61. The molecule has 1 fully saturated rings. The lowest BCUT2D eigenvalue weighted by molar-refractivity contribution is -0.383. The van der Waals surface area contributed by atoms with Crippen LogP contribution in [0.5, 0.6) is 0 Å². The Labute approximate surface area is 170 Å². The smallest absolute Gasteiger partial charge is 0.341 e.